The van der Waals surface area contributed by atoms with Crippen LogP contribution < -0.4 is 16.6 Å². The van der Waals surface area contributed by atoms with Gasteiger partial charge in [0.05, 0.1) is 48.5 Å². The van der Waals surface area contributed by atoms with Gasteiger partial charge in [-0.3, -0.25) is 29.3 Å². The zero-order valence-corrected chi connectivity index (χ0v) is 19.4. The summed E-state index contributed by atoms with van der Waals surface area (Å²) in [4.78, 5) is 48.0. The number of ether oxygens (including phenoxy) is 2. The lowest BCUT2D eigenvalue weighted by molar-refractivity contribution is -0.386. The van der Waals surface area contributed by atoms with Crippen molar-refractivity contribution in [2.24, 2.45) is 0 Å². The Bertz CT molecular complexity index is 1380. The maximum absolute atomic E-state index is 12.2. The van der Waals surface area contributed by atoms with E-state index in [9.17, 15) is 47.9 Å². The Labute approximate surface area is 211 Å². The van der Waals surface area contributed by atoms with E-state index in [-0.39, 0.29) is 36.3 Å². The standard InChI is InChI=1S/C22H21F3N4O9/c23-22(24,25)20(33)26-5-1-2-12-3-4-13(15(6-12)29(35)36)10-37-11-14-8-28(21(34)27-19(14)32)18-7-16(31)17(9-30)38-18/h3-4,6,8,16-18,30-31H,5,7,9-11H2,(H,26,33)(H,27,32,34)/t16-,17-,18-/m1/s1. The molecule has 3 rings (SSSR count). The molecular formula is C22H21F3N4O9. The van der Waals surface area contributed by atoms with E-state index in [4.69, 9.17) is 9.47 Å². The lowest BCUT2D eigenvalue weighted by Crippen LogP contribution is -2.36. The normalized spacial score (nSPS) is 19.0. The highest BCUT2D eigenvalue weighted by molar-refractivity contribution is 5.81. The van der Waals surface area contributed by atoms with Crippen LogP contribution in [0.25, 0.3) is 0 Å². The molecule has 1 amide bonds. The van der Waals surface area contributed by atoms with Crippen LogP contribution in [0.3, 0.4) is 0 Å². The quantitative estimate of drug-likeness (QED) is 0.200. The largest absolute Gasteiger partial charge is 0.471 e. The lowest BCUT2D eigenvalue weighted by Gasteiger charge is -2.15. The van der Waals surface area contributed by atoms with Crippen LogP contribution in [0, 0.1) is 22.0 Å². The third-order valence-corrected chi connectivity index (χ3v) is 5.36. The number of hydrogen-bond donors (Lipinski definition) is 4. The summed E-state index contributed by atoms with van der Waals surface area (Å²) in [5, 5.41) is 32.1. The Kier molecular flexibility index (Phi) is 9.01. The van der Waals surface area contributed by atoms with Crippen molar-refractivity contribution in [3.63, 3.8) is 0 Å². The summed E-state index contributed by atoms with van der Waals surface area (Å²) >= 11 is 0. The number of aliphatic hydroxyl groups excluding tert-OH is 2. The minimum absolute atomic E-state index is 0.00634. The van der Waals surface area contributed by atoms with Gasteiger partial charge in [0.25, 0.3) is 11.2 Å². The number of H-pyrrole nitrogens is 1. The number of benzene rings is 1. The van der Waals surface area contributed by atoms with Gasteiger partial charge >= 0.3 is 17.8 Å². The van der Waals surface area contributed by atoms with Crippen LogP contribution in [0.5, 0.6) is 0 Å². The van der Waals surface area contributed by atoms with Gasteiger partial charge in [-0.25, -0.2) is 4.79 Å². The molecule has 1 aliphatic rings. The van der Waals surface area contributed by atoms with Crippen LogP contribution in [0.15, 0.2) is 34.0 Å². The number of amides is 1. The first-order valence-electron chi connectivity index (χ1n) is 10.9. The molecule has 2 heterocycles. The molecule has 204 valence electrons. The molecule has 0 spiro atoms. The predicted octanol–water partition coefficient (Wildman–Crippen LogP) is -0.168. The highest BCUT2D eigenvalue weighted by Gasteiger charge is 2.38. The fourth-order valence-corrected chi connectivity index (χ4v) is 3.47. The predicted molar refractivity (Wildman–Crippen MR) is 120 cm³/mol. The molecule has 1 aliphatic heterocycles. The minimum atomic E-state index is -5.06. The molecule has 1 saturated heterocycles. The number of halogens is 3. The fourth-order valence-electron chi connectivity index (χ4n) is 3.47. The number of nitro groups is 1. The van der Waals surface area contributed by atoms with Gasteiger partial charge in [0.15, 0.2) is 0 Å². The van der Waals surface area contributed by atoms with Crippen LogP contribution in [0.2, 0.25) is 0 Å². The number of aromatic nitrogens is 2. The molecule has 0 saturated carbocycles. The number of aromatic amines is 1. The van der Waals surface area contributed by atoms with Crippen molar-refractivity contribution in [3.05, 3.63) is 72.0 Å². The molecule has 13 nitrogen and oxygen atoms in total. The number of nitrogens with zero attached hydrogens (tertiary/aromatic N) is 2. The smallest absolute Gasteiger partial charge is 0.394 e. The summed E-state index contributed by atoms with van der Waals surface area (Å²) in [5.41, 5.74) is -1.78. The van der Waals surface area contributed by atoms with E-state index in [1.165, 1.54) is 18.3 Å². The zero-order chi connectivity index (χ0) is 28.0. The van der Waals surface area contributed by atoms with Gasteiger partial charge in [-0.2, -0.15) is 13.2 Å². The molecule has 0 bridgehead atoms. The molecule has 1 aromatic carbocycles. The van der Waals surface area contributed by atoms with Crippen molar-refractivity contribution >= 4 is 11.6 Å². The SMILES string of the molecule is O=C(NCC#Cc1ccc(COCc2cn([C@H]3C[C@@H](O)[C@@H](CO)O3)c(=O)[nH]c2=O)c([N+](=O)[O-])c1)C(F)(F)F. The van der Waals surface area contributed by atoms with Gasteiger partial charge < -0.3 is 25.0 Å². The lowest BCUT2D eigenvalue weighted by atomic mass is 10.1. The van der Waals surface area contributed by atoms with Crippen LogP contribution >= 0.6 is 0 Å². The topological polar surface area (TPSA) is 186 Å². The number of hydrogen-bond acceptors (Lipinski definition) is 9. The summed E-state index contributed by atoms with van der Waals surface area (Å²) < 4.78 is 48.4. The third-order valence-electron chi connectivity index (χ3n) is 5.36. The van der Waals surface area contributed by atoms with E-state index >= 15 is 0 Å². The first kappa shape index (κ1) is 28.5. The first-order valence-corrected chi connectivity index (χ1v) is 10.9. The van der Waals surface area contributed by atoms with Crippen molar-refractivity contribution < 1.29 is 42.6 Å². The number of carbonyl (C=O) groups excluding carboxylic acids is 1. The van der Waals surface area contributed by atoms with Crippen LogP contribution in [-0.2, 0) is 27.5 Å². The van der Waals surface area contributed by atoms with Gasteiger partial charge in [-0.15, -0.1) is 0 Å². The number of rotatable bonds is 8. The van der Waals surface area contributed by atoms with Crippen molar-refractivity contribution in [3.8, 4) is 11.8 Å². The number of nitro benzene ring substituents is 1. The molecule has 1 aromatic heterocycles. The summed E-state index contributed by atoms with van der Waals surface area (Å²) in [6, 6.07) is 3.74. The average Bonchev–Trinajstić information content (AvgIpc) is 3.23. The second-order valence-corrected chi connectivity index (χ2v) is 8.01. The minimum Gasteiger partial charge on any atom is -0.394 e. The number of carbonyl (C=O) groups is 1. The van der Waals surface area contributed by atoms with Crippen LogP contribution in [0.4, 0.5) is 18.9 Å². The Morgan fingerprint density at radius 3 is 2.66 bits per heavy atom. The van der Waals surface area contributed by atoms with Crippen molar-refractivity contribution in [2.75, 3.05) is 13.2 Å². The Morgan fingerprint density at radius 1 is 1.32 bits per heavy atom. The van der Waals surface area contributed by atoms with E-state index in [1.54, 1.807) is 5.32 Å². The zero-order valence-electron chi connectivity index (χ0n) is 19.4. The average molecular weight is 542 g/mol. The second-order valence-electron chi connectivity index (χ2n) is 8.01. The van der Waals surface area contributed by atoms with Gasteiger partial charge in [-0.05, 0) is 12.1 Å². The summed E-state index contributed by atoms with van der Waals surface area (Å²) in [6.07, 6.45) is -6.75. The molecule has 0 unspecified atom stereocenters. The maximum atomic E-state index is 12.2. The molecule has 0 radical (unpaired) electrons. The molecule has 16 heteroatoms. The molecule has 1 fully saturated rings. The molecule has 38 heavy (non-hydrogen) atoms. The van der Waals surface area contributed by atoms with Gasteiger partial charge in [0.2, 0.25) is 0 Å². The van der Waals surface area contributed by atoms with E-state index in [2.05, 4.69) is 16.8 Å². The Morgan fingerprint density at radius 2 is 2.03 bits per heavy atom. The van der Waals surface area contributed by atoms with Crippen LogP contribution in [0.1, 0.15) is 29.3 Å². The summed E-state index contributed by atoms with van der Waals surface area (Å²) in [5.74, 6) is 2.51. The van der Waals surface area contributed by atoms with Crippen LogP contribution in [-0.4, -0.2) is 62.1 Å². The van der Waals surface area contributed by atoms with E-state index in [0.717, 1.165) is 10.6 Å². The number of aliphatic hydroxyl groups is 2. The Balaban J connectivity index is 1.67. The summed E-state index contributed by atoms with van der Waals surface area (Å²) in [6.45, 7) is -1.77. The molecule has 0 aliphatic carbocycles. The monoisotopic (exact) mass is 542 g/mol. The molecule has 2 aromatic rings. The molecule has 4 N–H and O–H groups in total. The third kappa shape index (κ3) is 7.04. The number of nitrogens with one attached hydrogen (secondary N) is 2. The van der Waals surface area contributed by atoms with E-state index in [1.807, 2.05) is 0 Å². The summed E-state index contributed by atoms with van der Waals surface area (Å²) in [7, 11) is 0. The van der Waals surface area contributed by atoms with E-state index in [0.29, 0.717) is 0 Å². The highest BCUT2D eigenvalue weighted by Crippen LogP contribution is 2.27. The van der Waals surface area contributed by atoms with Crippen molar-refractivity contribution in [1.29, 1.82) is 0 Å². The van der Waals surface area contributed by atoms with Gasteiger partial charge in [0, 0.05) is 24.2 Å². The Hall–Kier alpha value is -4.04. The molecular weight excluding hydrogens is 521 g/mol. The molecule has 3 atom stereocenters. The fraction of sp³-hybridized carbons (Fsp3) is 0.409. The van der Waals surface area contributed by atoms with Gasteiger partial charge in [-0.1, -0.05) is 11.8 Å². The van der Waals surface area contributed by atoms with Gasteiger partial charge in [0.1, 0.15) is 12.3 Å². The number of alkyl halides is 3. The highest BCUT2D eigenvalue weighted by atomic mass is 19.4. The maximum Gasteiger partial charge on any atom is 0.471 e. The van der Waals surface area contributed by atoms with Crippen molar-refractivity contribution in [1.82, 2.24) is 14.9 Å². The second kappa shape index (κ2) is 12.0. The van der Waals surface area contributed by atoms with E-state index < -0.39 is 65.5 Å². The van der Waals surface area contributed by atoms with Crippen molar-refractivity contribution in [2.45, 2.75) is 44.2 Å². The first-order chi connectivity index (χ1) is 17.9.